The molecule has 1 aliphatic carbocycles. The van der Waals surface area contributed by atoms with Crippen molar-refractivity contribution >= 4 is 17.4 Å². The van der Waals surface area contributed by atoms with E-state index in [9.17, 15) is 15.0 Å². The molecule has 194 valence electrons. The summed E-state index contributed by atoms with van der Waals surface area (Å²) in [5.74, 6) is -0.242. The van der Waals surface area contributed by atoms with Gasteiger partial charge in [0.05, 0.1) is 23.4 Å². The number of carbonyl (C=O) groups excluding carboxylic acids is 1. The number of anilines is 1. The maximum Gasteiger partial charge on any atom is 0.254 e. The Hall–Kier alpha value is -3.11. The van der Waals surface area contributed by atoms with E-state index >= 15 is 4.39 Å². The number of aliphatic hydroxyl groups is 2. The van der Waals surface area contributed by atoms with Gasteiger partial charge < -0.3 is 20.8 Å². The number of fused-ring (bicyclic) bond motifs is 1. The lowest BCUT2D eigenvalue weighted by Crippen LogP contribution is -2.49. The van der Waals surface area contributed by atoms with E-state index < -0.39 is 23.3 Å². The number of hydrogen-bond acceptors (Lipinski definition) is 7. The molecule has 4 N–H and O–H groups in total. The van der Waals surface area contributed by atoms with Gasteiger partial charge in [-0.05, 0) is 71.4 Å². The van der Waals surface area contributed by atoms with E-state index in [0.717, 1.165) is 18.4 Å². The van der Waals surface area contributed by atoms with E-state index in [-0.39, 0.29) is 24.1 Å². The largest absolute Gasteiger partial charge is 0.390 e. The van der Waals surface area contributed by atoms with E-state index in [0.29, 0.717) is 30.0 Å². The van der Waals surface area contributed by atoms with Crippen LogP contribution in [0.1, 0.15) is 63.7 Å². The summed E-state index contributed by atoms with van der Waals surface area (Å²) in [6.45, 7) is 6.30. The predicted molar refractivity (Wildman–Crippen MR) is 135 cm³/mol. The molecule has 0 aliphatic heterocycles. The molecule has 1 saturated carbocycles. The Labute approximate surface area is 210 Å². The molecule has 3 aromatic rings. The second kappa shape index (κ2) is 9.74. The molecular weight excluding hydrogens is 463 g/mol. The van der Waals surface area contributed by atoms with Crippen molar-refractivity contribution in [2.75, 3.05) is 11.4 Å². The Bertz CT molecular complexity index is 1210. The molecule has 9 nitrogen and oxygen atoms in total. The lowest BCUT2D eigenvalue weighted by molar-refractivity contribution is -0.00716. The number of alkyl halides is 1. The second-order valence-electron chi connectivity index (χ2n) is 10.8. The van der Waals surface area contributed by atoms with Crippen LogP contribution < -0.4 is 10.6 Å². The molecule has 1 aliphatic rings. The minimum absolute atomic E-state index is 0.112. The van der Waals surface area contributed by atoms with Crippen molar-refractivity contribution in [3.05, 3.63) is 42.4 Å². The summed E-state index contributed by atoms with van der Waals surface area (Å²) in [6.07, 6.45) is 5.96. The fourth-order valence-corrected chi connectivity index (χ4v) is 4.93. The highest BCUT2D eigenvalue weighted by Crippen LogP contribution is 2.37. The zero-order valence-electron chi connectivity index (χ0n) is 21.2. The zero-order valence-corrected chi connectivity index (χ0v) is 21.2. The van der Waals surface area contributed by atoms with Gasteiger partial charge in [-0.25, -0.2) is 9.37 Å². The predicted octanol–water partition coefficient (Wildman–Crippen LogP) is 3.14. The Balaban J connectivity index is 1.83. The van der Waals surface area contributed by atoms with Gasteiger partial charge in [-0.1, -0.05) is 0 Å². The van der Waals surface area contributed by atoms with E-state index in [1.54, 1.807) is 29.4 Å². The second-order valence-corrected chi connectivity index (χ2v) is 10.8. The molecule has 3 aromatic heterocycles. The Morgan fingerprint density at radius 3 is 2.47 bits per heavy atom. The number of nitrogens with zero attached hydrogens (tertiary/aromatic N) is 5. The standard InChI is InChI=1S/C26H35FN6O3/c1-25(2,35)17-7-9-18(10-8-17)32(15-21(27)26(3,4)36)24-19(23(28)34)14-30-22-12-20(31-33(22)24)16-6-5-11-29-13-16/h5-6,11-14,17-18,21,35-36H,7-10,15H2,1-4H3,(H2,28,34)/t17?,18?,21-/m1/s1. The van der Waals surface area contributed by atoms with Gasteiger partial charge in [0.25, 0.3) is 5.91 Å². The molecular formula is C26H35FN6O3. The molecule has 10 heteroatoms. The highest BCUT2D eigenvalue weighted by molar-refractivity contribution is 5.98. The number of halogens is 1. The van der Waals surface area contributed by atoms with Crippen molar-refractivity contribution in [2.45, 2.75) is 76.8 Å². The first-order valence-corrected chi connectivity index (χ1v) is 12.3. The van der Waals surface area contributed by atoms with E-state index in [2.05, 4.69) is 9.97 Å². The first-order chi connectivity index (χ1) is 16.9. The van der Waals surface area contributed by atoms with Crippen LogP contribution in [0.5, 0.6) is 0 Å². The van der Waals surface area contributed by atoms with Gasteiger partial charge in [0.15, 0.2) is 5.65 Å². The first kappa shape index (κ1) is 26.0. The molecule has 0 unspecified atom stereocenters. The highest BCUT2D eigenvalue weighted by Gasteiger charge is 2.38. The molecule has 3 heterocycles. The summed E-state index contributed by atoms with van der Waals surface area (Å²) >= 11 is 0. The first-order valence-electron chi connectivity index (χ1n) is 12.3. The van der Waals surface area contributed by atoms with Gasteiger partial charge in [0.2, 0.25) is 0 Å². The zero-order chi connectivity index (χ0) is 26.3. The van der Waals surface area contributed by atoms with E-state index in [4.69, 9.17) is 10.8 Å². The molecule has 0 spiro atoms. The van der Waals surface area contributed by atoms with Gasteiger partial charge in [-0.15, -0.1) is 0 Å². The number of nitrogens with two attached hydrogens (primary N) is 1. The quantitative estimate of drug-likeness (QED) is 0.435. The highest BCUT2D eigenvalue weighted by atomic mass is 19.1. The SMILES string of the molecule is CC(C)(O)C1CCC(N(C[C@@H](F)C(C)(C)O)c2c(C(N)=O)cnc3cc(-c4cccnc4)nn23)CC1. The fraction of sp³-hybridized carbons (Fsp3) is 0.538. The monoisotopic (exact) mass is 498 g/mol. The summed E-state index contributed by atoms with van der Waals surface area (Å²) < 4.78 is 16.9. The maximum absolute atomic E-state index is 15.4. The minimum Gasteiger partial charge on any atom is -0.390 e. The van der Waals surface area contributed by atoms with Crippen molar-refractivity contribution in [1.29, 1.82) is 0 Å². The topological polar surface area (TPSA) is 130 Å². The van der Waals surface area contributed by atoms with Crippen molar-refractivity contribution < 1.29 is 19.4 Å². The number of pyridine rings is 1. The van der Waals surface area contributed by atoms with Gasteiger partial charge in [0, 0.05) is 36.3 Å². The minimum atomic E-state index is -1.61. The Morgan fingerprint density at radius 1 is 1.22 bits per heavy atom. The van der Waals surface area contributed by atoms with Crippen molar-refractivity contribution in [3.63, 3.8) is 0 Å². The number of carbonyl (C=O) groups is 1. The van der Waals surface area contributed by atoms with Crippen LogP contribution in [-0.4, -0.2) is 65.7 Å². The summed E-state index contributed by atoms with van der Waals surface area (Å²) in [7, 11) is 0. The number of hydrogen-bond donors (Lipinski definition) is 3. The number of amides is 1. The van der Waals surface area contributed by atoms with Crippen molar-refractivity contribution in [3.8, 4) is 11.3 Å². The Morgan fingerprint density at radius 2 is 1.92 bits per heavy atom. The third kappa shape index (κ3) is 5.34. The van der Waals surface area contributed by atoms with Crippen LogP contribution in [0.2, 0.25) is 0 Å². The van der Waals surface area contributed by atoms with Gasteiger partial charge in [-0.3, -0.25) is 9.78 Å². The fourth-order valence-electron chi connectivity index (χ4n) is 4.93. The molecule has 0 saturated heterocycles. The third-order valence-electron chi connectivity index (χ3n) is 7.21. The van der Waals surface area contributed by atoms with E-state index in [1.807, 2.05) is 19.9 Å². The van der Waals surface area contributed by atoms with Crippen LogP contribution in [-0.2, 0) is 0 Å². The van der Waals surface area contributed by atoms with Crippen LogP contribution in [0.15, 0.2) is 36.8 Å². The number of rotatable bonds is 8. The molecule has 1 fully saturated rings. The van der Waals surface area contributed by atoms with Crippen LogP contribution >= 0.6 is 0 Å². The molecule has 0 bridgehead atoms. The summed E-state index contributed by atoms with van der Waals surface area (Å²) in [5.41, 5.74) is 5.32. The van der Waals surface area contributed by atoms with Crippen LogP contribution in [0.25, 0.3) is 16.9 Å². The van der Waals surface area contributed by atoms with Gasteiger partial charge in [-0.2, -0.15) is 9.61 Å². The molecule has 0 radical (unpaired) electrons. The average Bonchev–Trinajstić information content (AvgIpc) is 3.26. The normalized spacial score (nSPS) is 19.9. The third-order valence-corrected chi connectivity index (χ3v) is 7.21. The molecule has 1 amide bonds. The maximum atomic E-state index is 15.4. The summed E-state index contributed by atoms with van der Waals surface area (Å²) in [5, 5.41) is 25.6. The number of primary amides is 1. The molecule has 4 rings (SSSR count). The van der Waals surface area contributed by atoms with E-state index in [1.165, 1.54) is 24.6 Å². The number of aromatic nitrogens is 4. The smallest absolute Gasteiger partial charge is 0.254 e. The van der Waals surface area contributed by atoms with Crippen LogP contribution in [0, 0.1) is 5.92 Å². The van der Waals surface area contributed by atoms with Crippen molar-refractivity contribution in [2.24, 2.45) is 11.7 Å². The lowest BCUT2D eigenvalue weighted by Gasteiger charge is -2.42. The van der Waals surface area contributed by atoms with Gasteiger partial charge >= 0.3 is 0 Å². The van der Waals surface area contributed by atoms with Crippen LogP contribution in [0.3, 0.4) is 0 Å². The van der Waals surface area contributed by atoms with Crippen LogP contribution in [0.4, 0.5) is 10.2 Å². The van der Waals surface area contributed by atoms with Crippen molar-refractivity contribution in [1.82, 2.24) is 19.6 Å². The molecule has 0 aromatic carbocycles. The Kier molecular flexibility index (Phi) is 7.03. The molecule has 36 heavy (non-hydrogen) atoms. The summed E-state index contributed by atoms with van der Waals surface area (Å²) in [6, 6.07) is 5.29. The lowest BCUT2D eigenvalue weighted by atomic mass is 9.76. The summed E-state index contributed by atoms with van der Waals surface area (Å²) in [4.78, 5) is 22.9. The average molecular weight is 499 g/mol. The van der Waals surface area contributed by atoms with Gasteiger partial charge in [0.1, 0.15) is 17.6 Å². The molecule has 1 atom stereocenters.